The van der Waals surface area contributed by atoms with E-state index in [2.05, 4.69) is 252 Å². The summed E-state index contributed by atoms with van der Waals surface area (Å²) in [5, 5.41) is 4.95. The SMILES string of the molecule is c1ccc(-c2ccc(-c3ccc(N(c4cccc(-c5cccc(-c6cccc7c6c6ccccc6n7-c6ccccc6)c5)c4)c4ccc5ccccc5c4)cc3)cc2)cc1. The third kappa shape index (κ3) is 6.41. The second-order valence-corrected chi connectivity index (χ2v) is 15.4. The van der Waals surface area contributed by atoms with Crippen molar-refractivity contribution in [3.63, 3.8) is 0 Å². The zero-order valence-corrected chi connectivity index (χ0v) is 33.0. The molecule has 0 spiro atoms. The van der Waals surface area contributed by atoms with Crippen LogP contribution in [0.1, 0.15) is 0 Å². The van der Waals surface area contributed by atoms with Gasteiger partial charge in [-0.25, -0.2) is 0 Å². The van der Waals surface area contributed by atoms with Gasteiger partial charge in [-0.2, -0.15) is 0 Å². The third-order valence-corrected chi connectivity index (χ3v) is 11.8. The fourth-order valence-corrected chi connectivity index (χ4v) is 8.86. The Morgan fingerprint density at radius 3 is 1.57 bits per heavy atom. The maximum Gasteiger partial charge on any atom is 0.0547 e. The summed E-state index contributed by atoms with van der Waals surface area (Å²) in [6.45, 7) is 0. The lowest BCUT2D eigenvalue weighted by Gasteiger charge is -2.26. The van der Waals surface area contributed by atoms with E-state index in [-0.39, 0.29) is 0 Å². The first-order valence-electron chi connectivity index (χ1n) is 20.6. The molecule has 0 radical (unpaired) electrons. The summed E-state index contributed by atoms with van der Waals surface area (Å²) in [4.78, 5) is 2.38. The smallest absolute Gasteiger partial charge is 0.0547 e. The van der Waals surface area contributed by atoms with E-state index in [1.54, 1.807) is 0 Å². The zero-order chi connectivity index (χ0) is 39.8. The first-order valence-corrected chi connectivity index (χ1v) is 20.6. The minimum Gasteiger partial charge on any atom is -0.310 e. The van der Waals surface area contributed by atoms with Gasteiger partial charge in [0.2, 0.25) is 0 Å². The molecule has 0 saturated carbocycles. The second-order valence-electron chi connectivity index (χ2n) is 15.4. The van der Waals surface area contributed by atoms with E-state index in [9.17, 15) is 0 Å². The fourth-order valence-electron chi connectivity index (χ4n) is 8.86. The van der Waals surface area contributed by atoms with Crippen molar-refractivity contribution in [3.8, 4) is 50.2 Å². The van der Waals surface area contributed by atoms with Crippen LogP contribution in [0.15, 0.2) is 243 Å². The molecule has 1 heterocycles. The highest BCUT2D eigenvalue weighted by molar-refractivity contribution is 6.16. The van der Waals surface area contributed by atoms with Gasteiger partial charge in [0.15, 0.2) is 0 Å². The maximum absolute atomic E-state index is 2.39. The van der Waals surface area contributed by atoms with Gasteiger partial charge in [0.1, 0.15) is 0 Å². The summed E-state index contributed by atoms with van der Waals surface area (Å²) in [6, 6.07) is 87.8. The van der Waals surface area contributed by atoms with Crippen LogP contribution in [0.2, 0.25) is 0 Å². The molecule has 282 valence electrons. The molecular formula is C58H40N2. The highest BCUT2D eigenvalue weighted by Crippen LogP contribution is 2.42. The van der Waals surface area contributed by atoms with Gasteiger partial charge in [0.25, 0.3) is 0 Å². The number of hydrogen-bond donors (Lipinski definition) is 0. The van der Waals surface area contributed by atoms with E-state index in [1.807, 2.05) is 0 Å². The highest BCUT2D eigenvalue weighted by atomic mass is 15.1. The molecule has 0 N–H and O–H groups in total. The van der Waals surface area contributed by atoms with Crippen LogP contribution in [0.5, 0.6) is 0 Å². The number of rotatable bonds is 8. The normalized spacial score (nSPS) is 11.3. The van der Waals surface area contributed by atoms with Gasteiger partial charge in [0.05, 0.1) is 11.0 Å². The number of benzene rings is 10. The number of hydrogen-bond acceptors (Lipinski definition) is 1. The lowest BCUT2D eigenvalue weighted by atomic mass is 9.95. The van der Waals surface area contributed by atoms with Gasteiger partial charge in [-0.1, -0.05) is 176 Å². The van der Waals surface area contributed by atoms with E-state index < -0.39 is 0 Å². The average molecular weight is 765 g/mol. The monoisotopic (exact) mass is 764 g/mol. The molecule has 0 aliphatic heterocycles. The van der Waals surface area contributed by atoms with Crippen LogP contribution in [0, 0.1) is 0 Å². The Bertz CT molecular complexity index is 3290. The van der Waals surface area contributed by atoms with Crippen molar-refractivity contribution < 1.29 is 0 Å². The van der Waals surface area contributed by atoms with Gasteiger partial charge in [-0.15, -0.1) is 0 Å². The molecule has 0 fully saturated rings. The minimum absolute atomic E-state index is 1.10. The Morgan fingerprint density at radius 1 is 0.283 bits per heavy atom. The maximum atomic E-state index is 2.39. The van der Waals surface area contributed by atoms with Gasteiger partial charge in [-0.05, 0) is 122 Å². The van der Waals surface area contributed by atoms with E-state index in [0.717, 1.165) is 28.3 Å². The Labute approximate surface area is 350 Å². The van der Waals surface area contributed by atoms with E-state index in [1.165, 1.54) is 71.5 Å². The van der Waals surface area contributed by atoms with Crippen molar-refractivity contribution in [3.05, 3.63) is 243 Å². The molecule has 2 heteroatoms. The van der Waals surface area contributed by atoms with E-state index in [4.69, 9.17) is 0 Å². The molecule has 0 aliphatic carbocycles. The quantitative estimate of drug-likeness (QED) is 0.150. The Hall–Kier alpha value is -7.94. The predicted octanol–water partition coefficient (Wildman–Crippen LogP) is 16.1. The van der Waals surface area contributed by atoms with Gasteiger partial charge < -0.3 is 9.47 Å². The molecule has 10 aromatic carbocycles. The molecule has 0 aliphatic rings. The van der Waals surface area contributed by atoms with Crippen molar-refractivity contribution in [2.45, 2.75) is 0 Å². The molecule has 60 heavy (non-hydrogen) atoms. The molecule has 2 nitrogen and oxygen atoms in total. The number of fused-ring (bicyclic) bond motifs is 4. The van der Waals surface area contributed by atoms with Crippen LogP contribution in [-0.4, -0.2) is 4.57 Å². The van der Waals surface area contributed by atoms with Crippen LogP contribution >= 0.6 is 0 Å². The van der Waals surface area contributed by atoms with Gasteiger partial charge in [-0.3, -0.25) is 0 Å². The highest BCUT2D eigenvalue weighted by Gasteiger charge is 2.18. The average Bonchev–Trinajstić information content (AvgIpc) is 3.67. The summed E-state index contributed by atoms with van der Waals surface area (Å²) >= 11 is 0. The van der Waals surface area contributed by atoms with E-state index in [0.29, 0.717) is 0 Å². The first kappa shape index (κ1) is 35.2. The Kier molecular flexibility index (Phi) is 8.87. The van der Waals surface area contributed by atoms with Crippen molar-refractivity contribution in [1.29, 1.82) is 0 Å². The molecule has 0 bridgehead atoms. The van der Waals surface area contributed by atoms with Crippen LogP contribution in [0.4, 0.5) is 17.1 Å². The summed E-state index contributed by atoms with van der Waals surface area (Å²) in [7, 11) is 0. The molecule has 1 aromatic heterocycles. The molecule has 11 rings (SSSR count). The lowest BCUT2D eigenvalue weighted by molar-refractivity contribution is 1.18. The number of anilines is 3. The topological polar surface area (TPSA) is 8.17 Å². The van der Waals surface area contributed by atoms with Crippen molar-refractivity contribution in [2.24, 2.45) is 0 Å². The van der Waals surface area contributed by atoms with Gasteiger partial charge >= 0.3 is 0 Å². The summed E-state index contributed by atoms with van der Waals surface area (Å²) in [6.07, 6.45) is 0. The Balaban J connectivity index is 0.986. The second kappa shape index (κ2) is 15.1. The lowest BCUT2D eigenvalue weighted by Crippen LogP contribution is -2.10. The fraction of sp³-hybridized carbons (Fsp3) is 0. The predicted molar refractivity (Wildman–Crippen MR) is 255 cm³/mol. The zero-order valence-electron chi connectivity index (χ0n) is 33.0. The molecule has 11 aromatic rings. The van der Waals surface area contributed by atoms with Crippen LogP contribution in [0.25, 0.3) is 82.8 Å². The number of para-hydroxylation sites is 2. The van der Waals surface area contributed by atoms with Crippen molar-refractivity contribution in [2.75, 3.05) is 4.90 Å². The minimum atomic E-state index is 1.10. The molecule has 0 atom stereocenters. The largest absolute Gasteiger partial charge is 0.310 e. The van der Waals surface area contributed by atoms with Crippen LogP contribution in [0.3, 0.4) is 0 Å². The summed E-state index contributed by atoms with van der Waals surface area (Å²) in [5.74, 6) is 0. The molecular weight excluding hydrogens is 725 g/mol. The molecule has 0 saturated heterocycles. The Morgan fingerprint density at radius 2 is 0.800 bits per heavy atom. The number of aromatic nitrogens is 1. The summed E-state index contributed by atoms with van der Waals surface area (Å²) in [5.41, 5.74) is 16.5. The molecule has 0 amide bonds. The third-order valence-electron chi connectivity index (χ3n) is 11.8. The van der Waals surface area contributed by atoms with Crippen LogP contribution < -0.4 is 4.90 Å². The molecule has 0 unspecified atom stereocenters. The number of nitrogens with zero attached hydrogens (tertiary/aromatic N) is 2. The standard InChI is InChI=1S/C58H40N2/c1-3-14-41(15-4-1)43-28-30-44(31-29-43)45-32-35-51(36-33-45)59(53-37-34-42-16-7-8-17-47(42)39-53)52-23-12-19-48(40-52)46-18-11-20-49(38-46)54-25-13-27-57-58(54)55-24-9-10-26-56(55)60(57)50-21-5-2-6-22-50/h1-40H. The summed E-state index contributed by atoms with van der Waals surface area (Å²) < 4.78 is 2.39. The van der Waals surface area contributed by atoms with Crippen molar-refractivity contribution >= 4 is 49.6 Å². The van der Waals surface area contributed by atoms with E-state index >= 15 is 0 Å². The van der Waals surface area contributed by atoms with Crippen molar-refractivity contribution in [1.82, 2.24) is 4.57 Å². The first-order chi connectivity index (χ1) is 29.7. The van der Waals surface area contributed by atoms with Gasteiger partial charge in [0, 0.05) is 33.5 Å². The van der Waals surface area contributed by atoms with Crippen LogP contribution in [-0.2, 0) is 0 Å².